The molecule has 4 aliphatic rings. The number of esters is 2. The van der Waals surface area contributed by atoms with Crippen LogP contribution in [0.15, 0.2) is 23.3 Å². The van der Waals surface area contributed by atoms with E-state index >= 15 is 0 Å². The second-order valence-electron chi connectivity index (χ2n) is 6.33. The number of rotatable bonds is 1. The maximum atomic E-state index is 11.7. The highest BCUT2D eigenvalue weighted by molar-refractivity contribution is 5.77. The second kappa shape index (κ2) is 4.47. The van der Waals surface area contributed by atoms with Gasteiger partial charge in [-0.2, -0.15) is 0 Å². The Morgan fingerprint density at radius 3 is 1.70 bits per heavy atom. The highest BCUT2D eigenvalue weighted by Gasteiger charge is 2.42. The van der Waals surface area contributed by atoms with E-state index in [2.05, 4.69) is 12.2 Å². The fourth-order valence-corrected chi connectivity index (χ4v) is 3.93. The Bertz CT molecular complexity index is 483. The van der Waals surface area contributed by atoms with Gasteiger partial charge in [-0.25, -0.2) is 0 Å². The molecule has 0 saturated carbocycles. The fourth-order valence-electron chi connectivity index (χ4n) is 3.93. The molecule has 0 aromatic heterocycles. The van der Waals surface area contributed by atoms with E-state index in [0.717, 1.165) is 25.7 Å². The zero-order chi connectivity index (χ0) is 13.7. The molecule has 0 aromatic carbocycles. The zero-order valence-corrected chi connectivity index (χ0v) is 11.3. The topological polar surface area (TPSA) is 52.6 Å². The molecule has 2 aliphatic heterocycles. The van der Waals surface area contributed by atoms with Crippen molar-refractivity contribution in [3.05, 3.63) is 23.3 Å². The van der Waals surface area contributed by atoms with E-state index in [1.54, 1.807) is 0 Å². The lowest BCUT2D eigenvalue weighted by atomic mass is 9.74. The van der Waals surface area contributed by atoms with Gasteiger partial charge in [-0.1, -0.05) is 12.2 Å². The van der Waals surface area contributed by atoms with Gasteiger partial charge in [-0.15, -0.1) is 0 Å². The number of carbonyl (C=O) groups is 2. The Morgan fingerprint density at radius 2 is 1.25 bits per heavy atom. The molecule has 106 valence electrons. The normalized spacial score (nSPS) is 39.4. The van der Waals surface area contributed by atoms with Crippen LogP contribution in [-0.4, -0.2) is 25.2 Å². The molecule has 20 heavy (non-hydrogen) atoms. The predicted molar refractivity (Wildman–Crippen MR) is 70.5 cm³/mol. The molecule has 4 nitrogen and oxygen atoms in total. The molecule has 0 N–H and O–H groups in total. The minimum absolute atomic E-state index is 0.0316. The Kier molecular flexibility index (Phi) is 2.72. The first-order valence-corrected chi connectivity index (χ1v) is 7.44. The van der Waals surface area contributed by atoms with Crippen molar-refractivity contribution in [2.24, 2.45) is 23.7 Å². The first kappa shape index (κ1) is 12.2. The Balaban J connectivity index is 1.54. The van der Waals surface area contributed by atoms with Crippen LogP contribution < -0.4 is 0 Å². The van der Waals surface area contributed by atoms with Crippen LogP contribution >= 0.6 is 0 Å². The number of cyclic esters (lactones) is 2. The van der Waals surface area contributed by atoms with Gasteiger partial charge in [0, 0.05) is 11.8 Å². The number of hydrogen-bond acceptors (Lipinski definition) is 4. The van der Waals surface area contributed by atoms with Crippen LogP contribution in [0.1, 0.15) is 25.7 Å². The highest BCUT2D eigenvalue weighted by Crippen LogP contribution is 2.43. The van der Waals surface area contributed by atoms with E-state index < -0.39 is 0 Å². The molecule has 0 bridgehead atoms. The second-order valence-corrected chi connectivity index (χ2v) is 6.33. The van der Waals surface area contributed by atoms with Crippen molar-refractivity contribution in [1.82, 2.24) is 0 Å². The van der Waals surface area contributed by atoms with Crippen LogP contribution in [0.3, 0.4) is 0 Å². The molecule has 0 aromatic rings. The van der Waals surface area contributed by atoms with E-state index in [9.17, 15) is 9.59 Å². The molecule has 4 unspecified atom stereocenters. The molecule has 2 heterocycles. The van der Waals surface area contributed by atoms with Crippen LogP contribution in [0.4, 0.5) is 0 Å². The minimum Gasteiger partial charge on any atom is -0.465 e. The van der Waals surface area contributed by atoms with Crippen LogP contribution in [0.25, 0.3) is 0 Å². The van der Waals surface area contributed by atoms with Crippen LogP contribution in [0, 0.1) is 23.7 Å². The number of allylic oxidation sites excluding steroid dienone is 4. The van der Waals surface area contributed by atoms with Crippen molar-refractivity contribution in [3.8, 4) is 0 Å². The monoisotopic (exact) mass is 274 g/mol. The number of fused-ring (bicyclic) bond motifs is 2. The van der Waals surface area contributed by atoms with Gasteiger partial charge in [-0.05, 0) is 36.8 Å². The molecule has 2 saturated heterocycles. The smallest absolute Gasteiger partial charge is 0.309 e. The first-order chi connectivity index (χ1) is 9.72. The van der Waals surface area contributed by atoms with Crippen molar-refractivity contribution in [2.75, 3.05) is 13.2 Å². The summed E-state index contributed by atoms with van der Waals surface area (Å²) in [6.45, 7) is 1.15. The van der Waals surface area contributed by atoms with Crippen LogP contribution in [0.2, 0.25) is 0 Å². The summed E-state index contributed by atoms with van der Waals surface area (Å²) in [5.41, 5.74) is 2.51. The third-order valence-electron chi connectivity index (χ3n) is 5.25. The van der Waals surface area contributed by atoms with Crippen LogP contribution in [0.5, 0.6) is 0 Å². The summed E-state index contributed by atoms with van der Waals surface area (Å²) in [6.07, 6.45) is 7.89. The van der Waals surface area contributed by atoms with Gasteiger partial charge in [0.15, 0.2) is 0 Å². The maximum absolute atomic E-state index is 11.7. The molecule has 4 atom stereocenters. The Morgan fingerprint density at radius 1 is 0.800 bits per heavy atom. The molecular formula is C16H18O4. The average Bonchev–Trinajstić information content (AvgIpc) is 3.03. The summed E-state index contributed by atoms with van der Waals surface area (Å²) in [7, 11) is 0. The van der Waals surface area contributed by atoms with E-state index in [1.807, 2.05) is 0 Å². The lowest BCUT2D eigenvalue weighted by Crippen LogP contribution is -2.24. The molecule has 0 spiro atoms. The summed E-state index contributed by atoms with van der Waals surface area (Å²) < 4.78 is 10.3. The van der Waals surface area contributed by atoms with Crippen molar-refractivity contribution in [1.29, 1.82) is 0 Å². The SMILES string of the molecule is O=C1OCC2CC=C(C3=CCC4COC(=O)C4C3)CC12. The first-order valence-electron chi connectivity index (χ1n) is 7.44. The molecule has 4 rings (SSSR count). The molecular weight excluding hydrogens is 256 g/mol. The number of carbonyl (C=O) groups excluding carboxylic acids is 2. The van der Waals surface area contributed by atoms with Gasteiger partial charge in [0.05, 0.1) is 25.0 Å². The summed E-state index contributed by atoms with van der Waals surface area (Å²) in [5, 5.41) is 0. The molecule has 0 radical (unpaired) electrons. The lowest BCUT2D eigenvalue weighted by Gasteiger charge is -2.27. The standard InChI is InChI=1S/C16H18O4/c17-15-13-5-9(1-3-11(13)7-19-15)10-2-4-12-8-20-16(18)14(12)6-10/h1-2,11-14H,3-8H2. The van der Waals surface area contributed by atoms with Crippen molar-refractivity contribution >= 4 is 11.9 Å². The van der Waals surface area contributed by atoms with Gasteiger partial charge >= 0.3 is 11.9 Å². The molecule has 2 fully saturated rings. The van der Waals surface area contributed by atoms with Gasteiger partial charge in [0.25, 0.3) is 0 Å². The van der Waals surface area contributed by atoms with Gasteiger partial charge < -0.3 is 9.47 Å². The zero-order valence-electron chi connectivity index (χ0n) is 11.3. The van der Waals surface area contributed by atoms with Gasteiger partial charge in [-0.3, -0.25) is 9.59 Å². The van der Waals surface area contributed by atoms with E-state index in [0.29, 0.717) is 25.0 Å². The molecule has 4 heteroatoms. The average molecular weight is 274 g/mol. The third-order valence-corrected chi connectivity index (χ3v) is 5.25. The van der Waals surface area contributed by atoms with E-state index in [-0.39, 0.29) is 23.8 Å². The highest BCUT2D eigenvalue weighted by atomic mass is 16.5. The summed E-state index contributed by atoms with van der Waals surface area (Å²) in [6, 6.07) is 0. The lowest BCUT2D eigenvalue weighted by molar-refractivity contribution is -0.142. The predicted octanol–water partition coefficient (Wildman–Crippen LogP) is 2.01. The molecule has 0 amide bonds. The maximum Gasteiger partial charge on any atom is 0.309 e. The van der Waals surface area contributed by atoms with Gasteiger partial charge in [0.2, 0.25) is 0 Å². The Labute approximate surface area is 117 Å². The Hall–Kier alpha value is -1.58. The number of hydrogen-bond donors (Lipinski definition) is 0. The largest absolute Gasteiger partial charge is 0.465 e. The van der Waals surface area contributed by atoms with Gasteiger partial charge in [0.1, 0.15) is 0 Å². The third kappa shape index (κ3) is 1.81. The molecule has 2 aliphatic carbocycles. The fraction of sp³-hybridized carbons (Fsp3) is 0.625. The van der Waals surface area contributed by atoms with Crippen molar-refractivity contribution < 1.29 is 19.1 Å². The minimum atomic E-state index is -0.0461. The van der Waals surface area contributed by atoms with Crippen molar-refractivity contribution in [3.63, 3.8) is 0 Å². The van der Waals surface area contributed by atoms with Crippen LogP contribution in [-0.2, 0) is 19.1 Å². The summed E-state index contributed by atoms with van der Waals surface area (Å²) >= 11 is 0. The summed E-state index contributed by atoms with van der Waals surface area (Å²) in [5.74, 6) is 0.692. The van der Waals surface area contributed by atoms with E-state index in [1.165, 1.54) is 11.1 Å². The number of ether oxygens (including phenoxy) is 2. The van der Waals surface area contributed by atoms with E-state index in [4.69, 9.17) is 9.47 Å². The van der Waals surface area contributed by atoms with Crippen molar-refractivity contribution in [2.45, 2.75) is 25.7 Å². The quantitative estimate of drug-likeness (QED) is 0.686. The summed E-state index contributed by atoms with van der Waals surface area (Å²) in [4.78, 5) is 23.5.